The molecule has 0 aliphatic rings. The summed E-state index contributed by atoms with van der Waals surface area (Å²) in [6.45, 7) is 0. The van der Waals surface area contributed by atoms with Crippen molar-refractivity contribution in [3.05, 3.63) is 34.6 Å². The van der Waals surface area contributed by atoms with Crippen molar-refractivity contribution in [3.8, 4) is 5.75 Å². The van der Waals surface area contributed by atoms with Crippen molar-refractivity contribution in [2.45, 2.75) is 5.16 Å². The molecular formula is C13H12BrN3O4S. The number of carboxylic acids is 1. The fraction of sp³-hybridized carbons (Fsp3) is 0.154. The Bertz CT molecular complexity index is 704. The van der Waals surface area contributed by atoms with Gasteiger partial charge in [-0.15, -0.1) is 0 Å². The molecule has 0 unspecified atom stereocenters. The van der Waals surface area contributed by atoms with Gasteiger partial charge in [-0.25, -0.2) is 9.78 Å². The molecule has 0 saturated heterocycles. The maximum Gasteiger partial charge on any atom is 0.356 e. The van der Waals surface area contributed by atoms with Crippen LogP contribution in [0.15, 0.2) is 34.0 Å². The molecule has 0 bridgehead atoms. The number of hydrogen-bond acceptors (Lipinski definition) is 5. The number of ether oxygens (including phenoxy) is 1. The summed E-state index contributed by atoms with van der Waals surface area (Å²) < 4.78 is 5.84. The number of methoxy groups -OCH3 is 1. The monoisotopic (exact) mass is 385 g/mol. The average Bonchev–Trinajstić information content (AvgIpc) is 2.94. The Balaban J connectivity index is 1.89. The quantitative estimate of drug-likeness (QED) is 0.660. The second kappa shape index (κ2) is 7.32. The molecule has 0 saturated carbocycles. The highest BCUT2D eigenvalue weighted by atomic mass is 79.9. The molecule has 22 heavy (non-hydrogen) atoms. The normalized spacial score (nSPS) is 10.3. The van der Waals surface area contributed by atoms with E-state index >= 15 is 0 Å². The number of hydrogen-bond donors (Lipinski definition) is 3. The number of halogens is 1. The van der Waals surface area contributed by atoms with Gasteiger partial charge in [0, 0.05) is 11.9 Å². The number of rotatable bonds is 6. The lowest BCUT2D eigenvalue weighted by molar-refractivity contribution is -0.113. The number of nitrogens with zero attached hydrogens (tertiary/aromatic N) is 1. The van der Waals surface area contributed by atoms with E-state index in [9.17, 15) is 9.59 Å². The minimum atomic E-state index is -1.12. The lowest BCUT2D eigenvalue weighted by atomic mass is 10.3. The summed E-state index contributed by atoms with van der Waals surface area (Å²) in [5, 5.41) is 11.9. The molecule has 1 amide bonds. The van der Waals surface area contributed by atoms with E-state index in [1.54, 1.807) is 25.3 Å². The first-order valence-electron chi connectivity index (χ1n) is 6.04. The second-order valence-electron chi connectivity index (χ2n) is 4.08. The zero-order chi connectivity index (χ0) is 16.1. The Morgan fingerprint density at radius 1 is 1.50 bits per heavy atom. The summed E-state index contributed by atoms with van der Waals surface area (Å²) in [5.74, 6) is -0.564. The maximum absolute atomic E-state index is 11.9. The minimum absolute atomic E-state index is 0.0815. The third kappa shape index (κ3) is 4.25. The summed E-state index contributed by atoms with van der Waals surface area (Å²) >= 11 is 4.46. The van der Waals surface area contributed by atoms with E-state index in [0.29, 0.717) is 16.6 Å². The van der Waals surface area contributed by atoms with Crippen LogP contribution in [0.25, 0.3) is 0 Å². The molecule has 0 aliphatic heterocycles. The van der Waals surface area contributed by atoms with Crippen LogP contribution in [-0.4, -0.2) is 39.8 Å². The van der Waals surface area contributed by atoms with Gasteiger partial charge in [0.1, 0.15) is 5.75 Å². The summed E-state index contributed by atoms with van der Waals surface area (Å²) in [4.78, 5) is 29.1. The van der Waals surface area contributed by atoms with Gasteiger partial charge in [-0.05, 0) is 34.1 Å². The molecule has 2 aromatic rings. The van der Waals surface area contributed by atoms with E-state index < -0.39 is 5.97 Å². The van der Waals surface area contributed by atoms with Crippen LogP contribution in [0.4, 0.5) is 5.69 Å². The number of thioether (sulfide) groups is 1. The Kier molecular flexibility index (Phi) is 5.45. The molecule has 0 radical (unpaired) electrons. The number of aromatic carboxylic acids is 1. The largest absolute Gasteiger partial charge is 0.496 e. The van der Waals surface area contributed by atoms with Crippen LogP contribution < -0.4 is 10.1 Å². The fourth-order valence-electron chi connectivity index (χ4n) is 1.56. The number of aromatic nitrogens is 2. The number of carbonyl (C=O) groups excluding carboxylic acids is 1. The van der Waals surface area contributed by atoms with Crippen LogP contribution in [0, 0.1) is 0 Å². The first kappa shape index (κ1) is 16.4. The molecule has 0 fully saturated rings. The van der Waals surface area contributed by atoms with Crippen molar-refractivity contribution in [2.75, 3.05) is 18.2 Å². The van der Waals surface area contributed by atoms with Gasteiger partial charge < -0.3 is 20.1 Å². The SMILES string of the molecule is COc1ccc(NC(=O)CSc2nc(C(=O)O)c[nH]2)cc1Br. The molecule has 1 aromatic heterocycles. The molecular weight excluding hydrogens is 374 g/mol. The Hall–Kier alpha value is -2.00. The molecule has 0 aliphatic carbocycles. The standard InChI is InChI=1S/C13H12BrN3O4S/c1-21-10-3-2-7(4-8(10)14)16-11(18)6-22-13-15-5-9(17-13)12(19)20/h2-5H,6H2,1H3,(H,15,17)(H,16,18)(H,19,20). The smallest absolute Gasteiger partial charge is 0.356 e. The van der Waals surface area contributed by atoms with E-state index in [4.69, 9.17) is 9.84 Å². The zero-order valence-electron chi connectivity index (χ0n) is 11.4. The molecule has 1 aromatic carbocycles. The number of anilines is 1. The highest BCUT2D eigenvalue weighted by Gasteiger charge is 2.11. The number of benzene rings is 1. The number of nitrogens with one attached hydrogen (secondary N) is 2. The van der Waals surface area contributed by atoms with Crippen LogP contribution in [0.5, 0.6) is 5.75 Å². The summed E-state index contributed by atoms with van der Waals surface area (Å²) in [7, 11) is 1.56. The molecule has 7 nitrogen and oxygen atoms in total. The van der Waals surface area contributed by atoms with Gasteiger partial charge in [-0.3, -0.25) is 4.79 Å². The Morgan fingerprint density at radius 3 is 2.86 bits per heavy atom. The molecule has 0 atom stereocenters. The van der Waals surface area contributed by atoms with Crippen LogP contribution in [-0.2, 0) is 4.79 Å². The van der Waals surface area contributed by atoms with Crippen molar-refractivity contribution in [1.82, 2.24) is 9.97 Å². The van der Waals surface area contributed by atoms with Crippen LogP contribution in [0.1, 0.15) is 10.5 Å². The fourth-order valence-corrected chi connectivity index (χ4v) is 2.75. The first-order chi connectivity index (χ1) is 10.5. The summed E-state index contributed by atoms with van der Waals surface area (Å²) in [6.07, 6.45) is 1.28. The van der Waals surface area contributed by atoms with Gasteiger partial charge in [0.05, 0.1) is 17.3 Å². The van der Waals surface area contributed by atoms with E-state index in [0.717, 1.165) is 16.2 Å². The number of imidazole rings is 1. The van der Waals surface area contributed by atoms with Gasteiger partial charge >= 0.3 is 5.97 Å². The van der Waals surface area contributed by atoms with Gasteiger partial charge in [0.25, 0.3) is 0 Å². The van der Waals surface area contributed by atoms with E-state index in [1.165, 1.54) is 6.20 Å². The highest BCUT2D eigenvalue weighted by molar-refractivity contribution is 9.10. The van der Waals surface area contributed by atoms with E-state index in [-0.39, 0.29) is 17.4 Å². The Labute approximate surface area is 138 Å². The van der Waals surface area contributed by atoms with Crippen molar-refractivity contribution >= 4 is 45.3 Å². The maximum atomic E-state index is 11.9. The van der Waals surface area contributed by atoms with Crippen molar-refractivity contribution in [1.29, 1.82) is 0 Å². The number of H-pyrrole nitrogens is 1. The van der Waals surface area contributed by atoms with Gasteiger partial charge in [0.15, 0.2) is 10.9 Å². The number of aromatic amines is 1. The Morgan fingerprint density at radius 2 is 2.27 bits per heavy atom. The second-order valence-corrected chi connectivity index (χ2v) is 5.90. The van der Waals surface area contributed by atoms with E-state index in [2.05, 4.69) is 31.2 Å². The molecule has 3 N–H and O–H groups in total. The molecule has 1 heterocycles. The van der Waals surface area contributed by atoms with Crippen molar-refractivity contribution < 1.29 is 19.4 Å². The number of carbonyl (C=O) groups is 2. The molecule has 9 heteroatoms. The topological polar surface area (TPSA) is 104 Å². The van der Waals surface area contributed by atoms with Crippen LogP contribution in [0.2, 0.25) is 0 Å². The molecule has 0 spiro atoms. The lowest BCUT2D eigenvalue weighted by Crippen LogP contribution is -2.14. The summed E-state index contributed by atoms with van der Waals surface area (Å²) in [6, 6.07) is 5.19. The number of amides is 1. The van der Waals surface area contributed by atoms with Crippen LogP contribution >= 0.6 is 27.7 Å². The molecule has 2 rings (SSSR count). The highest BCUT2D eigenvalue weighted by Crippen LogP contribution is 2.27. The molecule has 116 valence electrons. The first-order valence-corrected chi connectivity index (χ1v) is 7.82. The van der Waals surface area contributed by atoms with Crippen molar-refractivity contribution in [2.24, 2.45) is 0 Å². The van der Waals surface area contributed by atoms with Crippen molar-refractivity contribution in [3.63, 3.8) is 0 Å². The lowest BCUT2D eigenvalue weighted by Gasteiger charge is -2.07. The number of carboxylic acid groups (broad SMARTS) is 1. The zero-order valence-corrected chi connectivity index (χ0v) is 13.8. The minimum Gasteiger partial charge on any atom is -0.496 e. The summed E-state index contributed by atoms with van der Waals surface area (Å²) in [5.41, 5.74) is 0.547. The van der Waals surface area contributed by atoms with Gasteiger partial charge in [0.2, 0.25) is 5.91 Å². The predicted octanol–water partition coefficient (Wildman–Crippen LogP) is 2.61. The van der Waals surface area contributed by atoms with Gasteiger partial charge in [-0.2, -0.15) is 0 Å². The third-order valence-corrected chi connectivity index (χ3v) is 4.06. The van der Waals surface area contributed by atoms with Gasteiger partial charge in [-0.1, -0.05) is 11.8 Å². The third-order valence-electron chi connectivity index (χ3n) is 2.55. The average molecular weight is 386 g/mol. The predicted molar refractivity (Wildman–Crippen MR) is 85.6 cm³/mol. The van der Waals surface area contributed by atoms with E-state index in [1.807, 2.05) is 0 Å². The van der Waals surface area contributed by atoms with Crippen LogP contribution in [0.3, 0.4) is 0 Å².